The molecule has 4 rings (SSSR count). The van der Waals surface area contributed by atoms with Crippen molar-refractivity contribution in [1.29, 1.82) is 0 Å². The van der Waals surface area contributed by atoms with Crippen molar-refractivity contribution in [3.63, 3.8) is 0 Å². The van der Waals surface area contributed by atoms with Crippen LogP contribution in [0.2, 0.25) is 5.02 Å². The van der Waals surface area contributed by atoms with Crippen LogP contribution in [0, 0.1) is 17.7 Å². The summed E-state index contributed by atoms with van der Waals surface area (Å²) in [6.45, 7) is 2.52. The first-order chi connectivity index (χ1) is 13.4. The summed E-state index contributed by atoms with van der Waals surface area (Å²) in [4.78, 5) is 26.2. The van der Waals surface area contributed by atoms with Crippen LogP contribution in [0.4, 0.5) is 4.39 Å². The number of nitrogens with zero attached hydrogens (tertiary/aromatic N) is 1. The normalized spacial score (nSPS) is 28.0. The van der Waals surface area contributed by atoms with E-state index in [2.05, 4.69) is 5.32 Å². The van der Waals surface area contributed by atoms with Crippen LogP contribution in [-0.2, 0) is 14.3 Å². The summed E-state index contributed by atoms with van der Waals surface area (Å²) in [6, 6.07) is 4.10. The number of morpholine rings is 1. The Kier molecular flexibility index (Phi) is 5.47. The van der Waals surface area contributed by atoms with E-state index in [1.165, 1.54) is 18.2 Å². The number of hydrogen-bond donors (Lipinski definition) is 1. The van der Waals surface area contributed by atoms with Gasteiger partial charge in [0, 0.05) is 19.0 Å². The molecule has 1 saturated carbocycles. The van der Waals surface area contributed by atoms with E-state index in [0.29, 0.717) is 50.8 Å². The number of hydrogen-bond acceptors (Lipinski definition) is 4. The van der Waals surface area contributed by atoms with E-state index in [9.17, 15) is 14.0 Å². The van der Waals surface area contributed by atoms with Crippen LogP contribution in [-0.4, -0.2) is 55.2 Å². The average molecular weight is 411 g/mol. The van der Waals surface area contributed by atoms with Gasteiger partial charge in [-0.05, 0) is 49.8 Å². The monoisotopic (exact) mass is 410 g/mol. The topological polar surface area (TPSA) is 67.9 Å². The van der Waals surface area contributed by atoms with Crippen molar-refractivity contribution in [2.24, 2.45) is 11.8 Å². The number of carbonyl (C=O) groups excluding carboxylic acids is 2. The van der Waals surface area contributed by atoms with Gasteiger partial charge in [-0.15, -0.1) is 0 Å². The Morgan fingerprint density at radius 1 is 1.36 bits per heavy atom. The Morgan fingerprint density at radius 2 is 2.11 bits per heavy atom. The lowest BCUT2D eigenvalue weighted by Gasteiger charge is -2.50. The largest absolute Gasteiger partial charge is 0.492 e. The summed E-state index contributed by atoms with van der Waals surface area (Å²) in [5.41, 5.74) is -0.337. The molecule has 6 nitrogen and oxygen atoms in total. The number of halogens is 2. The number of nitrogens with one attached hydrogen (secondary N) is 1. The van der Waals surface area contributed by atoms with Crippen LogP contribution >= 0.6 is 11.6 Å². The molecule has 28 heavy (non-hydrogen) atoms. The number of benzene rings is 1. The number of amides is 2. The molecule has 1 spiro atoms. The Balaban J connectivity index is 1.21. The molecule has 0 atom stereocenters. The van der Waals surface area contributed by atoms with Crippen LogP contribution in [0.5, 0.6) is 5.75 Å². The molecule has 1 N–H and O–H groups in total. The summed E-state index contributed by atoms with van der Waals surface area (Å²) in [5, 5.41) is 3.25. The molecule has 8 heteroatoms. The van der Waals surface area contributed by atoms with Gasteiger partial charge in [0.05, 0.1) is 23.8 Å². The van der Waals surface area contributed by atoms with Crippen LogP contribution in [0.1, 0.15) is 25.7 Å². The number of likely N-dealkylation sites (tertiary alicyclic amines) is 1. The first kappa shape index (κ1) is 19.5. The highest BCUT2D eigenvalue weighted by Crippen LogP contribution is 2.41. The predicted molar refractivity (Wildman–Crippen MR) is 101 cm³/mol. The lowest BCUT2D eigenvalue weighted by Crippen LogP contribution is -2.66. The van der Waals surface area contributed by atoms with Crippen LogP contribution in [0.3, 0.4) is 0 Å². The van der Waals surface area contributed by atoms with Gasteiger partial charge in [0.2, 0.25) is 11.8 Å². The van der Waals surface area contributed by atoms with Gasteiger partial charge in [-0.3, -0.25) is 9.59 Å². The van der Waals surface area contributed by atoms with Gasteiger partial charge in [-0.25, -0.2) is 4.39 Å². The Morgan fingerprint density at radius 3 is 2.79 bits per heavy atom. The predicted octanol–water partition coefficient (Wildman–Crippen LogP) is 2.39. The van der Waals surface area contributed by atoms with E-state index in [1.807, 2.05) is 4.90 Å². The molecule has 1 aromatic carbocycles. The minimum Gasteiger partial charge on any atom is -0.492 e. The highest BCUT2D eigenvalue weighted by Gasteiger charge is 2.51. The molecule has 1 aliphatic carbocycles. The Bertz CT molecular complexity index is 761. The zero-order valence-corrected chi connectivity index (χ0v) is 16.3. The molecule has 2 heterocycles. The van der Waals surface area contributed by atoms with E-state index >= 15 is 0 Å². The van der Waals surface area contributed by atoms with Crippen molar-refractivity contribution >= 4 is 23.4 Å². The van der Waals surface area contributed by atoms with Crippen molar-refractivity contribution in [3.8, 4) is 5.75 Å². The van der Waals surface area contributed by atoms with Gasteiger partial charge >= 0.3 is 0 Å². The third-order valence-corrected chi connectivity index (χ3v) is 6.23. The second kappa shape index (κ2) is 7.87. The van der Waals surface area contributed by atoms with Gasteiger partial charge < -0.3 is 19.7 Å². The van der Waals surface area contributed by atoms with Crippen molar-refractivity contribution in [2.45, 2.75) is 31.2 Å². The molecule has 0 radical (unpaired) electrons. The Labute approximate surface area is 168 Å². The summed E-state index contributed by atoms with van der Waals surface area (Å²) in [6.07, 6.45) is 3.04. The summed E-state index contributed by atoms with van der Waals surface area (Å²) >= 11 is 5.99. The molecule has 0 aromatic heterocycles. The second-order valence-corrected chi connectivity index (χ2v) is 8.49. The van der Waals surface area contributed by atoms with E-state index in [1.54, 1.807) is 0 Å². The zero-order valence-electron chi connectivity index (χ0n) is 15.6. The minimum absolute atomic E-state index is 0.0344. The number of rotatable bonds is 4. The maximum Gasteiger partial charge on any atom is 0.246 e. The average Bonchev–Trinajstić information content (AvgIpc) is 2.65. The van der Waals surface area contributed by atoms with Crippen LogP contribution in [0.25, 0.3) is 0 Å². The fourth-order valence-corrected chi connectivity index (χ4v) is 4.58. The number of ether oxygens (including phenoxy) is 2. The molecule has 3 fully saturated rings. The number of piperidine rings is 1. The fourth-order valence-electron chi connectivity index (χ4n) is 4.36. The summed E-state index contributed by atoms with van der Waals surface area (Å²) < 4.78 is 24.2. The lowest BCUT2D eigenvalue weighted by molar-refractivity contribution is -0.153. The molecule has 2 amide bonds. The van der Waals surface area contributed by atoms with Crippen molar-refractivity contribution in [2.75, 3.05) is 32.9 Å². The third-order valence-electron chi connectivity index (χ3n) is 5.93. The Hall–Kier alpha value is -1.86. The second-order valence-electron chi connectivity index (χ2n) is 8.08. The zero-order chi connectivity index (χ0) is 19.7. The molecule has 0 bridgehead atoms. The van der Waals surface area contributed by atoms with Gasteiger partial charge in [-0.1, -0.05) is 11.6 Å². The third kappa shape index (κ3) is 4.10. The molecular formula is C20H24ClFN2O4. The van der Waals surface area contributed by atoms with Crippen molar-refractivity contribution in [3.05, 3.63) is 29.0 Å². The summed E-state index contributed by atoms with van der Waals surface area (Å²) in [7, 11) is 0. The van der Waals surface area contributed by atoms with E-state index < -0.39 is 0 Å². The van der Waals surface area contributed by atoms with Gasteiger partial charge in [0.25, 0.3) is 0 Å². The highest BCUT2D eigenvalue weighted by molar-refractivity contribution is 6.32. The van der Waals surface area contributed by atoms with E-state index in [-0.39, 0.29) is 40.7 Å². The van der Waals surface area contributed by atoms with Gasteiger partial charge in [-0.2, -0.15) is 0 Å². The SMILES string of the molecule is O=C1COC[C@]2(C[C@H](C(=O)N3CCC(COc4ccc(F)cc4Cl)CC3)C2)N1. The van der Waals surface area contributed by atoms with E-state index in [0.717, 1.165) is 12.8 Å². The smallest absolute Gasteiger partial charge is 0.246 e. The molecule has 2 aliphatic heterocycles. The van der Waals surface area contributed by atoms with Gasteiger partial charge in [0.15, 0.2) is 0 Å². The quantitative estimate of drug-likeness (QED) is 0.827. The lowest BCUT2D eigenvalue weighted by atomic mass is 9.67. The van der Waals surface area contributed by atoms with Crippen LogP contribution in [0.15, 0.2) is 18.2 Å². The maximum atomic E-state index is 13.1. The molecule has 1 aromatic rings. The van der Waals surface area contributed by atoms with Crippen LogP contribution < -0.4 is 10.1 Å². The maximum absolute atomic E-state index is 13.1. The summed E-state index contributed by atoms with van der Waals surface area (Å²) in [5.74, 6) is 0.474. The first-order valence-corrected chi connectivity index (χ1v) is 10.1. The standard InChI is InChI=1S/C20H24ClFN2O4/c21-16-7-15(22)1-2-17(16)28-10-13-3-5-24(6-4-13)19(26)14-8-20(9-14)12-27-11-18(25)23-20/h1-2,7,13-14H,3-6,8-12H2,(H,23,25)/t14-,20+. The van der Waals surface area contributed by atoms with Gasteiger partial charge in [0.1, 0.15) is 18.2 Å². The molecule has 0 unspecified atom stereocenters. The molecule has 2 saturated heterocycles. The molecular weight excluding hydrogens is 387 g/mol. The highest BCUT2D eigenvalue weighted by atomic mass is 35.5. The minimum atomic E-state index is -0.388. The van der Waals surface area contributed by atoms with E-state index in [4.69, 9.17) is 21.1 Å². The number of carbonyl (C=O) groups is 2. The first-order valence-electron chi connectivity index (χ1n) is 9.69. The van der Waals surface area contributed by atoms with Crippen molar-refractivity contribution in [1.82, 2.24) is 10.2 Å². The fraction of sp³-hybridized carbons (Fsp3) is 0.600. The molecule has 3 aliphatic rings. The van der Waals surface area contributed by atoms with Crippen molar-refractivity contribution < 1.29 is 23.5 Å². The molecule has 152 valence electrons.